The fourth-order valence-corrected chi connectivity index (χ4v) is 4.76. The summed E-state index contributed by atoms with van der Waals surface area (Å²) in [7, 11) is 1.60. The lowest BCUT2D eigenvalue weighted by Gasteiger charge is -2.13. The van der Waals surface area contributed by atoms with Gasteiger partial charge in [-0.15, -0.1) is 10.2 Å². The minimum Gasteiger partial charge on any atom is -0.383 e. The van der Waals surface area contributed by atoms with Gasteiger partial charge in [-0.25, -0.2) is 0 Å². The minimum absolute atomic E-state index is 0.138. The van der Waals surface area contributed by atoms with E-state index in [4.69, 9.17) is 27.9 Å². The van der Waals surface area contributed by atoms with Crippen molar-refractivity contribution in [1.82, 2.24) is 20.1 Å². The zero-order valence-electron chi connectivity index (χ0n) is 18.4. The van der Waals surface area contributed by atoms with E-state index >= 15 is 0 Å². The SMILES string of the molecule is COCCNC(=O)c1ccccc1CSc1nnc(-c2ccccc2Cl)n1-c1cccc(Cl)c1. The maximum Gasteiger partial charge on any atom is 0.251 e. The van der Waals surface area contributed by atoms with Crippen molar-refractivity contribution in [3.8, 4) is 17.1 Å². The van der Waals surface area contributed by atoms with Crippen LogP contribution in [0.25, 0.3) is 17.1 Å². The highest BCUT2D eigenvalue weighted by Crippen LogP contribution is 2.33. The molecule has 0 unspecified atom stereocenters. The van der Waals surface area contributed by atoms with E-state index in [0.29, 0.717) is 45.5 Å². The molecule has 0 aliphatic rings. The summed E-state index contributed by atoms with van der Waals surface area (Å²) in [6.07, 6.45) is 0. The van der Waals surface area contributed by atoms with Gasteiger partial charge in [0.1, 0.15) is 0 Å². The summed E-state index contributed by atoms with van der Waals surface area (Å²) >= 11 is 14.2. The van der Waals surface area contributed by atoms with Gasteiger partial charge in [0.2, 0.25) is 0 Å². The van der Waals surface area contributed by atoms with Gasteiger partial charge in [0.05, 0.1) is 17.3 Å². The highest BCUT2D eigenvalue weighted by Gasteiger charge is 2.19. The second-order valence-corrected chi connectivity index (χ2v) is 9.08. The number of carbonyl (C=O) groups excluding carboxylic acids is 1. The smallest absolute Gasteiger partial charge is 0.251 e. The van der Waals surface area contributed by atoms with Gasteiger partial charge in [0, 0.05) is 35.6 Å². The minimum atomic E-state index is -0.138. The van der Waals surface area contributed by atoms with Crippen molar-refractivity contribution >= 4 is 40.9 Å². The number of ether oxygens (including phenoxy) is 1. The highest BCUT2D eigenvalue weighted by molar-refractivity contribution is 7.98. The zero-order valence-corrected chi connectivity index (χ0v) is 20.7. The molecule has 174 valence electrons. The van der Waals surface area contributed by atoms with E-state index in [2.05, 4.69) is 15.5 Å². The Morgan fingerprint density at radius 2 is 1.82 bits per heavy atom. The van der Waals surface area contributed by atoms with Crippen molar-refractivity contribution < 1.29 is 9.53 Å². The van der Waals surface area contributed by atoms with Crippen LogP contribution < -0.4 is 5.32 Å². The van der Waals surface area contributed by atoms with E-state index in [0.717, 1.165) is 16.8 Å². The van der Waals surface area contributed by atoms with Crippen LogP contribution in [-0.2, 0) is 10.5 Å². The lowest BCUT2D eigenvalue weighted by atomic mass is 10.1. The molecule has 4 rings (SSSR count). The van der Waals surface area contributed by atoms with Crippen LogP contribution in [0.15, 0.2) is 78.0 Å². The van der Waals surface area contributed by atoms with Gasteiger partial charge in [-0.2, -0.15) is 0 Å². The molecule has 0 saturated carbocycles. The highest BCUT2D eigenvalue weighted by atomic mass is 35.5. The van der Waals surface area contributed by atoms with E-state index in [1.807, 2.05) is 77.4 Å². The molecule has 1 heterocycles. The number of methoxy groups -OCH3 is 1. The van der Waals surface area contributed by atoms with Crippen molar-refractivity contribution in [2.24, 2.45) is 0 Å². The molecule has 0 spiro atoms. The first-order valence-electron chi connectivity index (χ1n) is 10.5. The maximum atomic E-state index is 12.7. The lowest BCUT2D eigenvalue weighted by Crippen LogP contribution is -2.27. The average Bonchev–Trinajstić information content (AvgIpc) is 3.27. The van der Waals surface area contributed by atoms with Crippen LogP contribution in [0.3, 0.4) is 0 Å². The topological polar surface area (TPSA) is 69.0 Å². The van der Waals surface area contributed by atoms with E-state index in [9.17, 15) is 4.79 Å². The van der Waals surface area contributed by atoms with Gasteiger partial charge < -0.3 is 10.1 Å². The molecule has 1 N–H and O–H groups in total. The third kappa shape index (κ3) is 5.62. The van der Waals surface area contributed by atoms with E-state index < -0.39 is 0 Å². The average molecular weight is 513 g/mol. The number of thioether (sulfide) groups is 1. The van der Waals surface area contributed by atoms with Crippen molar-refractivity contribution in [1.29, 1.82) is 0 Å². The van der Waals surface area contributed by atoms with Gasteiger partial charge in [0.15, 0.2) is 11.0 Å². The zero-order chi connectivity index (χ0) is 23.9. The number of nitrogens with one attached hydrogen (secondary N) is 1. The Balaban J connectivity index is 1.67. The summed E-state index contributed by atoms with van der Waals surface area (Å²) in [6.45, 7) is 0.900. The maximum absolute atomic E-state index is 12.7. The molecule has 3 aromatic carbocycles. The van der Waals surface area contributed by atoms with Crippen LogP contribution in [0, 0.1) is 0 Å². The summed E-state index contributed by atoms with van der Waals surface area (Å²) in [5, 5.41) is 13.6. The third-order valence-electron chi connectivity index (χ3n) is 5.03. The molecule has 0 fully saturated rings. The number of benzene rings is 3. The molecule has 0 saturated heterocycles. The summed E-state index contributed by atoms with van der Waals surface area (Å²) in [6, 6.07) is 22.5. The molecule has 34 heavy (non-hydrogen) atoms. The molecule has 6 nitrogen and oxygen atoms in total. The Morgan fingerprint density at radius 3 is 2.62 bits per heavy atom. The van der Waals surface area contributed by atoms with Gasteiger partial charge in [-0.1, -0.05) is 71.4 Å². The van der Waals surface area contributed by atoms with Gasteiger partial charge in [-0.05, 0) is 42.0 Å². The van der Waals surface area contributed by atoms with Crippen LogP contribution in [0.4, 0.5) is 0 Å². The summed E-state index contributed by atoms with van der Waals surface area (Å²) in [4.78, 5) is 12.7. The quantitative estimate of drug-likeness (QED) is 0.223. The molecule has 1 amide bonds. The normalized spacial score (nSPS) is 10.9. The number of hydrogen-bond acceptors (Lipinski definition) is 5. The third-order valence-corrected chi connectivity index (χ3v) is 6.57. The second-order valence-electron chi connectivity index (χ2n) is 7.30. The number of aromatic nitrogens is 3. The summed E-state index contributed by atoms with van der Waals surface area (Å²) < 4.78 is 6.95. The Labute approximate surface area is 212 Å². The van der Waals surface area contributed by atoms with Crippen LogP contribution >= 0.6 is 35.0 Å². The molecule has 1 aromatic heterocycles. The second kappa shape index (κ2) is 11.5. The van der Waals surface area contributed by atoms with Crippen LogP contribution in [0.1, 0.15) is 15.9 Å². The first-order chi connectivity index (χ1) is 16.6. The lowest BCUT2D eigenvalue weighted by molar-refractivity contribution is 0.0936. The fourth-order valence-electron chi connectivity index (χ4n) is 3.40. The molecular formula is C25H22Cl2N4O2S. The molecule has 0 bridgehead atoms. The van der Waals surface area contributed by atoms with E-state index in [1.165, 1.54) is 11.8 Å². The number of rotatable bonds is 9. The molecule has 0 atom stereocenters. The van der Waals surface area contributed by atoms with Crippen molar-refractivity contribution in [3.05, 3.63) is 94.0 Å². The predicted molar refractivity (Wildman–Crippen MR) is 137 cm³/mol. The molecule has 9 heteroatoms. The van der Waals surface area contributed by atoms with Gasteiger partial charge >= 0.3 is 0 Å². The number of hydrogen-bond donors (Lipinski definition) is 1. The van der Waals surface area contributed by atoms with Gasteiger partial charge in [0.25, 0.3) is 5.91 Å². The Bertz CT molecular complexity index is 1300. The number of nitrogens with zero attached hydrogens (tertiary/aromatic N) is 3. The first-order valence-corrected chi connectivity index (χ1v) is 12.3. The summed E-state index contributed by atoms with van der Waals surface area (Å²) in [5.74, 6) is 0.997. The van der Waals surface area contributed by atoms with E-state index in [1.54, 1.807) is 7.11 Å². The van der Waals surface area contributed by atoms with Gasteiger partial charge in [-0.3, -0.25) is 9.36 Å². The standard InChI is InChI=1S/C25H22Cl2N4O2S/c1-33-14-13-28-24(32)20-10-3-2-7-17(20)16-34-25-30-29-23(21-11-4-5-12-22(21)27)31(25)19-9-6-8-18(26)15-19/h2-12,15H,13-14,16H2,1H3,(H,28,32). The van der Waals surface area contributed by atoms with Crippen molar-refractivity contribution in [2.45, 2.75) is 10.9 Å². The van der Waals surface area contributed by atoms with E-state index in [-0.39, 0.29) is 5.91 Å². The fraction of sp³-hybridized carbons (Fsp3) is 0.160. The number of carbonyl (C=O) groups is 1. The molecule has 4 aromatic rings. The molecule has 0 aliphatic carbocycles. The summed E-state index contributed by atoms with van der Waals surface area (Å²) in [5.41, 5.74) is 3.09. The van der Waals surface area contributed by atoms with Crippen molar-refractivity contribution in [2.75, 3.05) is 20.3 Å². The number of amides is 1. The monoisotopic (exact) mass is 512 g/mol. The van der Waals surface area contributed by atoms with Crippen LogP contribution in [0.2, 0.25) is 10.0 Å². The predicted octanol–water partition coefficient (Wildman–Crippen LogP) is 5.91. The largest absolute Gasteiger partial charge is 0.383 e. The van der Waals surface area contributed by atoms with Crippen LogP contribution in [-0.4, -0.2) is 40.9 Å². The number of halogens is 2. The van der Waals surface area contributed by atoms with Crippen LogP contribution in [0.5, 0.6) is 0 Å². The Kier molecular flexibility index (Phi) is 8.24. The molecular weight excluding hydrogens is 491 g/mol. The Hall–Kier alpha value is -2.84. The first kappa shape index (κ1) is 24.3. The Morgan fingerprint density at radius 1 is 1.03 bits per heavy atom. The molecule has 0 aliphatic heterocycles. The molecule has 0 radical (unpaired) electrons. The van der Waals surface area contributed by atoms with Crippen molar-refractivity contribution in [3.63, 3.8) is 0 Å².